The summed E-state index contributed by atoms with van der Waals surface area (Å²) in [5.74, 6) is 0.502. The Bertz CT molecular complexity index is 615. The molecule has 0 aliphatic rings. The van der Waals surface area contributed by atoms with Crippen molar-refractivity contribution in [3.63, 3.8) is 0 Å². The molecule has 114 valence electrons. The van der Waals surface area contributed by atoms with Gasteiger partial charge in [-0.1, -0.05) is 0 Å². The number of rotatable bonds is 6. The van der Waals surface area contributed by atoms with Gasteiger partial charge in [-0.05, 0) is 20.9 Å². The Morgan fingerprint density at radius 3 is 2.81 bits per heavy atom. The summed E-state index contributed by atoms with van der Waals surface area (Å²) in [7, 11) is 3.73. The standard InChI is InChI=1S/C14H22N6O/c1-5-20-11(2)12(8-15-20)9-18(3)10-14(21)16-13-6-7-19(4)17-13/h6-8H,5,9-10H2,1-4H3,(H,16,17,21). The Hall–Kier alpha value is -2.15. The van der Waals surface area contributed by atoms with Gasteiger partial charge in [0.1, 0.15) is 0 Å². The first kappa shape index (κ1) is 15.2. The number of likely N-dealkylation sites (N-methyl/N-ethyl adjacent to an activating group) is 1. The van der Waals surface area contributed by atoms with Crippen molar-refractivity contribution in [2.24, 2.45) is 7.05 Å². The third-order valence-corrected chi connectivity index (χ3v) is 3.34. The maximum Gasteiger partial charge on any atom is 0.239 e. The van der Waals surface area contributed by atoms with E-state index in [2.05, 4.69) is 22.4 Å². The second kappa shape index (κ2) is 6.53. The van der Waals surface area contributed by atoms with Gasteiger partial charge in [-0.15, -0.1) is 0 Å². The Balaban J connectivity index is 1.87. The molecule has 0 aliphatic carbocycles. The number of aryl methyl sites for hydroxylation is 2. The fraction of sp³-hybridized carbons (Fsp3) is 0.500. The molecule has 2 rings (SSSR count). The molecule has 0 saturated heterocycles. The second-order valence-corrected chi connectivity index (χ2v) is 5.17. The van der Waals surface area contributed by atoms with Gasteiger partial charge in [-0.25, -0.2) is 0 Å². The van der Waals surface area contributed by atoms with Gasteiger partial charge in [0, 0.05) is 43.7 Å². The van der Waals surface area contributed by atoms with Gasteiger partial charge in [0.2, 0.25) is 5.91 Å². The highest BCUT2D eigenvalue weighted by Gasteiger charge is 2.12. The number of amides is 1. The fourth-order valence-corrected chi connectivity index (χ4v) is 2.22. The summed E-state index contributed by atoms with van der Waals surface area (Å²) in [5.41, 5.74) is 2.29. The summed E-state index contributed by atoms with van der Waals surface area (Å²) >= 11 is 0. The minimum absolute atomic E-state index is 0.0725. The van der Waals surface area contributed by atoms with Crippen molar-refractivity contribution >= 4 is 11.7 Å². The highest BCUT2D eigenvalue weighted by molar-refractivity contribution is 5.91. The highest BCUT2D eigenvalue weighted by Crippen LogP contribution is 2.09. The summed E-state index contributed by atoms with van der Waals surface area (Å²) in [6.07, 6.45) is 3.66. The molecule has 1 N–H and O–H groups in total. The lowest BCUT2D eigenvalue weighted by molar-refractivity contribution is -0.117. The average molecular weight is 290 g/mol. The Labute approximate surface area is 124 Å². The van der Waals surface area contributed by atoms with Crippen LogP contribution in [0.15, 0.2) is 18.5 Å². The number of carbonyl (C=O) groups is 1. The first-order valence-electron chi connectivity index (χ1n) is 6.99. The van der Waals surface area contributed by atoms with Crippen LogP contribution in [0.3, 0.4) is 0 Å². The van der Waals surface area contributed by atoms with E-state index >= 15 is 0 Å². The zero-order chi connectivity index (χ0) is 15.4. The van der Waals surface area contributed by atoms with Gasteiger partial charge in [-0.2, -0.15) is 10.2 Å². The van der Waals surface area contributed by atoms with Crippen LogP contribution in [-0.2, 0) is 24.9 Å². The molecular weight excluding hydrogens is 268 g/mol. The molecule has 2 heterocycles. The van der Waals surface area contributed by atoms with Crippen LogP contribution < -0.4 is 5.32 Å². The van der Waals surface area contributed by atoms with Crippen LogP contribution in [0.4, 0.5) is 5.82 Å². The van der Waals surface area contributed by atoms with E-state index in [9.17, 15) is 4.79 Å². The maximum absolute atomic E-state index is 11.9. The van der Waals surface area contributed by atoms with Crippen LogP contribution in [0.1, 0.15) is 18.2 Å². The molecule has 0 fully saturated rings. The number of aromatic nitrogens is 4. The number of nitrogens with one attached hydrogen (secondary N) is 1. The van der Waals surface area contributed by atoms with Crippen molar-refractivity contribution in [2.45, 2.75) is 26.9 Å². The highest BCUT2D eigenvalue weighted by atomic mass is 16.2. The molecular formula is C14H22N6O. The normalized spacial score (nSPS) is 11.1. The Morgan fingerprint density at radius 1 is 1.48 bits per heavy atom. The van der Waals surface area contributed by atoms with E-state index in [-0.39, 0.29) is 5.91 Å². The molecule has 0 atom stereocenters. The van der Waals surface area contributed by atoms with Gasteiger partial charge >= 0.3 is 0 Å². The predicted molar refractivity (Wildman–Crippen MR) is 80.8 cm³/mol. The van der Waals surface area contributed by atoms with E-state index in [1.54, 1.807) is 16.9 Å². The van der Waals surface area contributed by atoms with Crippen LogP contribution in [0.5, 0.6) is 0 Å². The third-order valence-electron chi connectivity index (χ3n) is 3.34. The SMILES string of the molecule is CCn1ncc(CN(C)CC(=O)Nc2ccn(C)n2)c1C. The van der Waals surface area contributed by atoms with Crippen molar-refractivity contribution in [3.8, 4) is 0 Å². The smallest absolute Gasteiger partial charge is 0.239 e. The zero-order valence-corrected chi connectivity index (χ0v) is 13.0. The molecule has 1 amide bonds. The van der Waals surface area contributed by atoms with Crippen molar-refractivity contribution in [2.75, 3.05) is 18.9 Å². The second-order valence-electron chi connectivity index (χ2n) is 5.17. The molecule has 0 radical (unpaired) electrons. The Kier molecular flexibility index (Phi) is 4.74. The minimum Gasteiger partial charge on any atom is -0.308 e. The van der Waals surface area contributed by atoms with E-state index in [0.29, 0.717) is 18.9 Å². The van der Waals surface area contributed by atoms with Crippen molar-refractivity contribution in [1.29, 1.82) is 0 Å². The summed E-state index contributed by atoms with van der Waals surface area (Å²) in [5, 5.41) is 11.2. The largest absolute Gasteiger partial charge is 0.308 e. The molecule has 0 spiro atoms. The molecule has 0 unspecified atom stereocenters. The summed E-state index contributed by atoms with van der Waals surface area (Å²) in [6.45, 7) is 5.98. The molecule has 0 aromatic carbocycles. The van der Waals surface area contributed by atoms with Gasteiger partial charge in [0.25, 0.3) is 0 Å². The van der Waals surface area contributed by atoms with Gasteiger partial charge < -0.3 is 5.32 Å². The lowest BCUT2D eigenvalue weighted by Crippen LogP contribution is -2.30. The van der Waals surface area contributed by atoms with Crippen LogP contribution in [0.25, 0.3) is 0 Å². The van der Waals surface area contributed by atoms with Crippen molar-refractivity contribution in [1.82, 2.24) is 24.5 Å². The molecule has 21 heavy (non-hydrogen) atoms. The minimum atomic E-state index is -0.0725. The average Bonchev–Trinajstić information content (AvgIpc) is 2.96. The Morgan fingerprint density at radius 2 is 2.24 bits per heavy atom. The number of hydrogen-bond acceptors (Lipinski definition) is 4. The number of nitrogens with zero attached hydrogens (tertiary/aromatic N) is 5. The number of carbonyl (C=O) groups excluding carboxylic acids is 1. The molecule has 2 aromatic rings. The number of hydrogen-bond donors (Lipinski definition) is 1. The van der Waals surface area contributed by atoms with Crippen LogP contribution in [0, 0.1) is 6.92 Å². The van der Waals surface area contributed by atoms with Crippen molar-refractivity contribution < 1.29 is 4.79 Å². The lowest BCUT2D eigenvalue weighted by Gasteiger charge is -2.15. The number of anilines is 1. The van der Waals surface area contributed by atoms with Gasteiger partial charge in [0.05, 0.1) is 12.7 Å². The van der Waals surface area contributed by atoms with E-state index < -0.39 is 0 Å². The molecule has 7 nitrogen and oxygen atoms in total. The third kappa shape index (κ3) is 3.91. The van der Waals surface area contributed by atoms with Gasteiger partial charge in [0.15, 0.2) is 5.82 Å². The van der Waals surface area contributed by atoms with Crippen LogP contribution in [0.2, 0.25) is 0 Å². The van der Waals surface area contributed by atoms with E-state index in [1.165, 1.54) is 0 Å². The van der Waals surface area contributed by atoms with Crippen LogP contribution >= 0.6 is 0 Å². The van der Waals surface area contributed by atoms with E-state index in [1.807, 2.05) is 36.8 Å². The maximum atomic E-state index is 11.9. The van der Waals surface area contributed by atoms with Gasteiger partial charge in [-0.3, -0.25) is 19.1 Å². The molecule has 0 bridgehead atoms. The lowest BCUT2D eigenvalue weighted by atomic mass is 10.2. The molecule has 0 aliphatic heterocycles. The zero-order valence-electron chi connectivity index (χ0n) is 13.0. The predicted octanol–water partition coefficient (Wildman–Crippen LogP) is 1.02. The molecule has 2 aromatic heterocycles. The van der Waals surface area contributed by atoms with Crippen LogP contribution in [-0.4, -0.2) is 44.0 Å². The topological polar surface area (TPSA) is 68.0 Å². The van der Waals surface area contributed by atoms with Crippen molar-refractivity contribution in [3.05, 3.63) is 29.7 Å². The first-order valence-corrected chi connectivity index (χ1v) is 6.99. The van der Waals surface area contributed by atoms with E-state index in [4.69, 9.17) is 0 Å². The molecule has 7 heteroatoms. The molecule has 0 saturated carbocycles. The monoisotopic (exact) mass is 290 g/mol. The summed E-state index contributed by atoms with van der Waals surface area (Å²) in [4.78, 5) is 13.9. The first-order chi connectivity index (χ1) is 9.99. The summed E-state index contributed by atoms with van der Waals surface area (Å²) in [6, 6.07) is 1.77. The quantitative estimate of drug-likeness (QED) is 0.862. The summed E-state index contributed by atoms with van der Waals surface area (Å²) < 4.78 is 3.61. The fourth-order valence-electron chi connectivity index (χ4n) is 2.22. The van der Waals surface area contributed by atoms with E-state index in [0.717, 1.165) is 17.8 Å².